The number of carbonyl (C=O) groups is 1. The molecule has 2 atom stereocenters. The van der Waals surface area contributed by atoms with Crippen molar-refractivity contribution in [3.05, 3.63) is 0 Å². The number of hydrogen-bond acceptors (Lipinski definition) is 4. The monoisotopic (exact) mass is 234 g/mol. The molecular formula is C9H18N2O3S. The van der Waals surface area contributed by atoms with Crippen LogP contribution in [0.2, 0.25) is 0 Å². The number of piperazine rings is 1. The van der Waals surface area contributed by atoms with E-state index in [1.165, 1.54) is 6.92 Å². The lowest BCUT2D eigenvalue weighted by Gasteiger charge is -2.33. The van der Waals surface area contributed by atoms with E-state index in [1.807, 2.05) is 6.92 Å². The second kappa shape index (κ2) is 4.49. The first kappa shape index (κ1) is 12.4. The van der Waals surface area contributed by atoms with Crippen molar-refractivity contribution in [2.45, 2.75) is 25.1 Å². The highest BCUT2D eigenvalue weighted by atomic mass is 32.2. The molecule has 1 saturated heterocycles. The molecule has 0 bridgehead atoms. The number of hydrogen-bond donors (Lipinski definition) is 1. The van der Waals surface area contributed by atoms with Gasteiger partial charge in [0.2, 0.25) is 5.91 Å². The molecule has 0 saturated carbocycles. The molecule has 0 aromatic carbocycles. The fraction of sp³-hybridized carbons (Fsp3) is 0.889. The summed E-state index contributed by atoms with van der Waals surface area (Å²) in [6, 6.07) is 0.231. The smallest absolute Gasteiger partial charge is 0.240 e. The van der Waals surface area contributed by atoms with Crippen LogP contribution in [-0.2, 0) is 14.6 Å². The summed E-state index contributed by atoms with van der Waals surface area (Å²) in [5, 5.41) is 2.27. The molecule has 0 aliphatic carbocycles. The van der Waals surface area contributed by atoms with E-state index < -0.39 is 15.1 Å². The molecule has 1 amide bonds. The summed E-state index contributed by atoms with van der Waals surface area (Å²) < 4.78 is 22.5. The van der Waals surface area contributed by atoms with Crippen LogP contribution >= 0.6 is 0 Å². The zero-order chi connectivity index (χ0) is 11.6. The van der Waals surface area contributed by atoms with Gasteiger partial charge in [0.15, 0.2) is 9.84 Å². The maximum Gasteiger partial charge on any atom is 0.240 e. The first-order valence-electron chi connectivity index (χ1n) is 5.03. The Morgan fingerprint density at radius 3 is 2.60 bits per heavy atom. The van der Waals surface area contributed by atoms with Gasteiger partial charge >= 0.3 is 0 Å². The Morgan fingerprint density at radius 2 is 2.13 bits per heavy atom. The van der Waals surface area contributed by atoms with Gasteiger partial charge in [-0.05, 0) is 13.8 Å². The van der Waals surface area contributed by atoms with Gasteiger partial charge in [-0.3, -0.25) is 4.79 Å². The van der Waals surface area contributed by atoms with Crippen molar-refractivity contribution in [3.63, 3.8) is 0 Å². The number of rotatable bonds is 2. The van der Waals surface area contributed by atoms with E-state index in [9.17, 15) is 13.2 Å². The summed E-state index contributed by atoms with van der Waals surface area (Å²) in [5.74, 6) is -0.286. The van der Waals surface area contributed by atoms with E-state index in [2.05, 4.69) is 5.32 Å². The third-order valence-corrected chi connectivity index (χ3v) is 4.16. The van der Waals surface area contributed by atoms with Crippen molar-refractivity contribution in [1.29, 1.82) is 0 Å². The number of nitrogens with one attached hydrogen (secondary N) is 1. The normalized spacial score (nSPS) is 25.0. The van der Waals surface area contributed by atoms with E-state index in [1.54, 1.807) is 4.90 Å². The van der Waals surface area contributed by atoms with Gasteiger partial charge in [0.1, 0.15) is 5.25 Å². The van der Waals surface area contributed by atoms with E-state index >= 15 is 0 Å². The molecule has 1 rings (SSSR count). The highest BCUT2D eigenvalue weighted by Crippen LogP contribution is 2.07. The van der Waals surface area contributed by atoms with Crippen LogP contribution in [0.15, 0.2) is 0 Å². The molecule has 1 heterocycles. The van der Waals surface area contributed by atoms with Gasteiger partial charge in [-0.2, -0.15) is 0 Å². The Hall–Kier alpha value is -0.620. The average Bonchev–Trinajstić information content (AvgIpc) is 2.14. The fourth-order valence-electron chi connectivity index (χ4n) is 1.57. The van der Waals surface area contributed by atoms with Crippen molar-refractivity contribution in [2.24, 2.45) is 0 Å². The van der Waals surface area contributed by atoms with Crippen molar-refractivity contribution in [2.75, 3.05) is 25.9 Å². The molecule has 2 unspecified atom stereocenters. The largest absolute Gasteiger partial charge is 0.339 e. The molecule has 0 radical (unpaired) electrons. The fourth-order valence-corrected chi connectivity index (χ4v) is 2.09. The maximum absolute atomic E-state index is 11.8. The van der Waals surface area contributed by atoms with Crippen LogP contribution in [0.3, 0.4) is 0 Å². The Kier molecular flexibility index (Phi) is 3.72. The Balaban J connectivity index is 2.68. The van der Waals surface area contributed by atoms with Crippen LogP contribution in [0.4, 0.5) is 0 Å². The average molecular weight is 234 g/mol. The van der Waals surface area contributed by atoms with Gasteiger partial charge in [0.05, 0.1) is 0 Å². The van der Waals surface area contributed by atoms with Crippen LogP contribution in [-0.4, -0.2) is 56.4 Å². The van der Waals surface area contributed by atoms with E-state index in [0.29, 0.717) is 13.1 Å². The van der Waals surface area contributed by atoms with Crippen LogP contribution in [0.5, 0.6) is 0 Å². The van der Waals surface area contributed by atoms with Crippen molar-refractivity contribution < 1.29 is 13.2 Å². The summed E-state index contributed by atoms with van der Waals surface area (Å²) >= 11 is 0. The van der Waals surface area contributed by atoms with Gasteiger partial charge < -0.3 is 10.2 Å². The highest BCUT2D eigenvalue weighted by molar-refractivity contribution is 7.92. The zero-order valence-corrected chi connectivity index (χ0v) is 10.2. The first-order valence-corrected chi connectivity index (χ1v) is 6.99. The molecule has 1 fully saturated rings. The van der Waals surface area contributed by atoms with Crippen LogP contribution in [0.1, 0.15) is 13.8 Å². The molecule has 0 aromatic rings. The van der Waals surface area contributed by atoms with Gasteiger partial charge in [-0.1, -0.05) is 0 Å². The zero-order valence-electron chi connectivity index (χ0n) is 9.36. The molecule has 0 spiro atoms. The predicted molar refractivity (Wildman–Crippen MR) is 58.4 cm³/mol. The van der Waals surface area contributed by atoms with Crippen LogP contribution in [0.25, 0.3) is 0 Å². The highest BCUT2D eigenvalue weighted by Gasteiger charge is 2.30. The number of sulfone groups is 1. The third kappa shape index (κ3) is 3.17. The van der Waals surface area contributed by atoms with Crippen molar-refractivity contribution in [3.8, 4) is 0 Å². The lowest BCUT2D eigenvalue weighted by Crippen LogP contribution is -2.54. The molecular weight excluding hydrogens is 216 g/mol. The minimum absolute atomic E-state index is 0.231. The molecule has 5 nitrogen and oxygen atoms in total. The lowest BCUT2D eigenvalue weighted by molar-refractivity contribution is -0.131. The Bertz CT molecular complexity index is 339. The SMILES string of the molecule is CC1CN(C(=O)C(C)S(C)(=O)=O)CCN1. The Labute approximate surface area is 90.7 Å². The standard InChI is InChI=1S/C9H18N2O3S/c1-7-6-11(5-4-10-7)9(12)8(2)15(3,13)14/h7-8,10H,4-6H2,1-3H3. The van der Waals surface area contributed by atoms with E-state index in [0.717, 1.165) is 12.8 Å². The number of nitrogens with zero attached hydrogens (tertiary/aromatic N) is 1. The van der Waals surface area contributed by atoms with E-state index in [4.69, 9.17) is 0 Å². The molecule has 15 heavy (non-hydrogen) atoms. The minimum Gasteiger partial charge on any atom is -0.339 e. The molecule has 1 aliphatic heterocycles. The van der Waals surface area contributed by atoms with Crippen molar-refractivity contribution in [1.82, 2.24) is 10.2 Å². The van der Waals surface area contributed by atoms with Gasteiger partial charge in [0, 0.05) is 31.9 Å². The molecule has 0 aromatic heterocycles. The number of carbonyl (C=O) groups excluding carboxylic acids is 1. The van der Waals surface area contributed by atoms with E-state index in [-0.39, 0.29) is 11.9 Å². The Morgan fingerprint density at radius 1 is 1.53 bits per heavy atom. The van der Waals surface area contributed by atoms with Gasteiger partial charge in [-0.15, -0.1) is 0 Å². The molecule has 1 N–H and O–H groups in total. The summed E-state index contributed by atoms with van der Waals surface area (Å²) in [6.07, 6.45) is 1.10. The summed E-state index contributed by atoms with van der Waals surface area (Å²) in [4.78, 5) is 13.4. The van der Waals surface area contributed by atoms with Crippen LogP contribution in [0, 0.1) is 0 Å². The molecule has 88 valence electrons. The minimum atomic E-state index is -3.28. The van der Waals surface area contributed by atoms with Gasteiger partial charge in [0.25, 0.3) is 0 Å². The number of amides is 1. The lowest BCUT2D eigenvalue weighted by atomic mass is 10.2. The maximum atomic E-state index is 11.8. The second-order valence-corrected chi connectivity index (χ2v) is 6.48. The topological polar surface area (TPSA) is 66.5 Å². The van der Waals surface area contributed by atoms with Crippen LogP contribution < -0.4 is 5.32 Å². The summed E-state index contributed by atoms with van der Waals surface area (Å²) in [5.41, 5.74) is 0. The molecule has 6 heteroatoms. The molecule has 1 aliphatic rings. The summed E-state index contributed by atoms with van der Waals surface area (Å²) in [6.45, 7) is 5.32. The van der Waals surface area contributed by atoms with Gasteiger partial charge in [-0.25, -0.2) is 8.42 Å². The third-order valence-electron chi connectivity index (χ3n) is 2.67. The quantitative estimate of drug-likeness (QED) is 0.682. The first-order chi connectivity index (χ1) is 6.82. The second-order valence-electron chi connectivity index (χ2n) is 4.11. The van der Waals surface area contributed by atoms with Crippen molar-refractivity contribution >= 4 is 15.7 Å². The summed E-state index contributed by atoms with van der Waals surface area (Å²) in [7, 11) is -3.28. The predicted octanol–water partition coefficient (Wildman–Crippen LogP) is -0.760.